The molecule has 182 valence electrons. The SMILES string of the molecule is COc1cc(C2Oc3c(OC)cc4c(=O)c5c(O)cccc5oc4c3OC2CO)cc(OC)c1O. The highest BCUT2D eigenvalue weighted by molar-refractivity contribution is 5.97. The molecule has 2 atom stereocenters. The fraction of sp³-hybridized carbons (Fsp3) is 0.240. The van der Waals surface area contributed by atoms with Crippen LogP contribution in [0.15, 0.2) is 45.6 Å². The van der Waals surface area contributed by atoms with Gasteiger partial charge < -0.3 is 43.4 Å². The highest BCUT2D eigenvalue weighted by Crippen LogP contribution is 2.51. The molecule has 0 radical (unpaired) electrons. The number of aliphatic hydroxyl groups is 1. The standard InChI is InChI=1S/C25H22O10/c1-30-15-7-11(8-16(31-2)21(15)29)22-18(10-26)34-25-23-12(9-17(32-3)24(25)35-22)20(28)19-13(27)5-4-6-14(19)33-23/h4-9,18,22,26-27,29H,10H2,1-3H3. The lowest BCUT2D eigenvalue weighted by molar-refractivity contribution is -0.0135. The zero-order valence-corrected chi connectivity index (χ0v) is 19.0. The number of aliphatic hydroxyl groups excluding tert-OH is 1. The van der Waals surface area contributed by atoms with E-state index >= 15 is 0 Å². The zero-order valence-electron chi connectivity index (χ0n) is 19.0. The number of aromatic hydroxyl groups is 2. The Morgan fingerprint density at radius 3 is 2.23 bits per heavy atom. The first kappa shape index (κ1) is 22.5. The highest BCUT2D eigenvalue weighted by atomic mass is 16.6. The minimum Gasteiger partial charge on any atom is -0.507 e. The number of fused-ring (bicyclic) bond motifs is 4. The van der Waals surface area contributed by atoms with Crippen LogP contribution in [-0.4, -0.2) is 49.4 Å². The molecule has 1 aliphatic rings. The number of phenolic OH excluding ortho intramolecular Hbond substituents is 2. The molecular formula is C25H22O10. The van der Waals surface area contributed by atoms with Gasteiger partial charge in [-0.25, -0.2) is 0 Å². The van der Waals surface area contributed by atoms with Crippen LogP contribution in [0.25, 0.3) is 21.9 Å². The van der Waals surface area contributed by atoms with Gasteiger partial charge in [0.25, 0.3) is 0 Å². The van der Waals surface area contributed by atoms with E-state index in [-0.39, 0.29) is 62.2 Å². The van der Waals surface area contributed by atoms with Crippen molar-refractivity contribution in [1.29, 1.82) is 0 Å². The molecule has 0 spiro atoms. The van der Waals surface area contributed by atoms with Crippen LogP contribution in [0.1, 0.15) is 11.7 Å². The maximum atomic E-state index is 13.2. The van der Waals surface area contributed by atoms with Crippen LogP contribution >= 0.6 is 0 Å². The smallest absolute Gasteiger partial charge is 0.209 e. The minimum absolute atomic E-state index is 0.0265. The molecule has 0 aliphatic carbocycles. The third-order valence-corrected chi connectivity index (χ3v) is 5.93. The normalized spacial score (nSPS) is 16.9. The van der Waals surface area contributed by atoms with Crippen LogP contribution in [0.2, 0.25) is 0 Å². The van der Waals surface area contributed by atoms with E-state index in [1.807, 2.05) is 0 Å². The third-order valence-electron chi connectivity index (χ3n) is 5.93. The van der Waals surface area contributed by atoms with E-state index in [0.717, 1.165) is 0 Å². The summed E-state index contributed by atoms with van der Waals surface area (Å²) < 4.78 is 34.3. The van der Waals surface area contributed by atoms with E-state index < -0.39 is 24.2 Å². The van der Waals surface area contributed by atoms with Crippen molar-refractivity contribution in [3.8, 4) is 40.2 Å². The Morgan fingerprint density at radius 2 is 1.60 bits per heavy atom. The van der Waals surface area contributed by atoms with Crippen LogP contribution in [0, 0.1) is 0 Å². The molecule has 5 rings (SSSR count). The predicted octanol–water partition coefficient (Wildman–Crippen LogP) is 3.26. The summed E-state index contributed by atoms with van der Waals surface area (Å²) in [5.74, 6) is 0.320. The van der Waals surface area contributed by atoms with Crippen molar-refractivity contribution in [2.75, 3.05) is 27.9 Å². The summed E-state index contributed by atoms with van der Waals surface area (Å²) in [7, 11) is 4.20. The van der Waals surface area contributed by atoms with Crippen molar-refractivity contribution >= 4 is 21.9 Å². The summed E-state index contributed by atoms with van der Waals surface area (Å²) in [4.78, 5) is 13.2. The number of phenols is 2. The average molecular weight is 482 g/mol. The van der Waals surface area contributed by atoms with Crippen LogP contribution in [-0.2, 0) is 0 Å². The van der Waals surface area contributed by atoms with Gasteiger partial charge in [-0.15, -0.1) is 0 Å². The molecule has 0 amide bonds. The topological polar surface area (TPSA) is 137 Å². The van der Waals surface area contributed by atoms with E-state index in [2.05, 4.69) is 0 Å². The van der Waals surface area contributed by atoms with Gasteiger partial charge in [0, 0.05) is 5.56 Å². The van der Waals surface area contributed by atoms with E-state index in [1.165, 1.54) is 33.5 Å². The summed E-state index contributed by atoms with van der Waals surface area (Å²) in [6, 6.07) is 9.04. The van der Waals surface area contributed by atoms with Gasteiger partial charge >= 0.3 is 0 Å². The maximum Gasteiger partial charge on any atom is 0.209 e. The molecule has 0 saturated carbocycles. The summed E-state index contributed by atoms with van der Waals surface area (Å²) in [6.07, 6.45) is -1.79. The van der Waals surface area contributed by atoms with Crippen LogP contribution in [0.4, 0.5) is 0 Å². The van der Waals surface area contributed by atoms with Gasteiger partial charge in [-0.2, -0.15) is 0 Å². The Bertz CT molecular complexity index is 1480. The van der Waals surface area contributed by atoms with Crippen LogP contribution in [0.5, 0.6) is 40.2 Å². The summed E-state index contributed by atoms with van der Waals surface area (Å²) in [6.45, 7) is -0.451. The Balaban J connectivity index is 1.74. The molecule has 3 N–H and O–H groups in total. The zero-order chi connectivity index (χ0) is 24.9. The Labute approximate surface area is 198 Å². The minimum atomic E-state index is -0.929. The van der Waals surface area contributed by atoms with Crippen molar-refractivity contribution in [2.24, 2.45) is 0 Å². The van der Waals surface area contributed by atoms with Crippen molar-refractivity contribution in [1.82, 2.24) is 0 Å². The first-order chi connectivity index (χ1) is 16.9. The number of rotatable bonds is 5. The molecule has 2 heterocycles. The molecule has 3 aromatic carbocycles. The second-order valence-electron chi connectivity index (χ2n) is 7.85. The molecule has 2 unspecified atom stereocenters. The number of hydrogen-bond donors (Lipinski definition) is 3. The molecule has 0 fully saturated rings. The van der Waals surface area contributed by atoms with E-state index in [9.17, 15) is 20.1 Å². The van der Waals surface area contributed by atoms with E-state index in [4.69, 9.17) is 28.1 Å². The molecule has 35 heavy (non-hydrogen) atoms. The Hall–Kier alpha value is -4.31. The van der Waals surface area contributed by atoms with E-state index in [0.29, 0.717) is 5.56 Å². The lowest BCUT2D eigenvalue weighted by Crippen LogP contribution is -2.36. The number of methoxy groups -OCH3 is 3. The average Bonchev–Trinajstić information content (AvgIpc) is 2.87. The Morgan fingerprint density at radius 1 is 0.914 bits per heavy atom. The van der Waals surface area contributed by atoms with Gasteiger partial charge in [-0.1, -0.05) is 6.07 Å². The maximum absolute atomic E-state index is 13.2. The molecule has 10 heteroatoms. The van der Waals surface area contributed by atoms with Gasteiger partial charge in [0.05, 0.1) is 33.3 Å². The molecule has 4 aromatic rings. The van der Waals surface area contributed by atoms with Gasteiger partial charge in [-0.3, -0.25) is 4.79 Å². The lowest BCUT2D eigenvalue weighted by Gasteiger charge is -2.34. The van der Waals surface area contributed by atoms with Crippen molar-refractivity contribution < 1.29 is 43.4 Å². The molecule has 0 bridgehead atoms. The molecule has 1 aromatic heterocycles. The highest BCUT2D eigenvalue weighted by Gasteiger charge is 2.38. The largest absolute Gasteiger partial charge is 0.507 e. The first-order valence-corrected chi connectivity index (χ1v) is 10.6. The monoisotopic (exact) mass is 482 g/mol. The first-order valence-electron chi connectivity index (χ1n) is 10.6. The van der Waals surface area contributed by atoms with Gasteiger partial charge in [-0.05, 0) is 30.3 Å². The lowest BCUT2D eigenvalue weighted by atomic mass is 10.0. The van der Waals surface area contributed by atoms with Crippen molar-refractivity contribution in [3.05, 3.63) is 52.2 Å². The number of hydrogen-bond acceptors (Lipinski definition) is 10. The molecule has 10 nitrogen and oxygen atoms in total. The summed E-state index contributed by atoms with van der Waals surface area (Å²) in [5.41, 5.74) is 0.267. The second kappa shape index (κ2) is 8.48. The van der Waals surface area contributed by atoms with Crippen molar-refractivity contribution in [3.63, 3.8) is 0 Å². The predicted molar refractivity (Wildman–Crippen MR) is 124 cm³/mol. The molecule has 1 aliphatic heterocycles. The van der Waals surface area contributed by atoms with Crippen molar-refractivity contribution in [2.45, 2.75) is 12.2 Å². The van der Waals surface area contributed by atoms with E-state index in [1.54, 1.807) is 24.3 Å². The van der Waals surface area contributed by atoms with Gasteiger partial charge in [0.15, 0.2) is 35.0 Å². The fourth-order valence-corrected chi connectivity index (χ4v) is 4.23. The van der Waals surface area contributed by atoms with Crippen LogP contribution in [0.3, 0.4) is 0 Å². The Kier molecular flexibility index (Phi) is 5.45. The number of benzene rings is 3. The third kappa shape index (κ3) is 3.41. The summed E-state index contributed by atoms with van der Waals surface area (Å²) >= 11 is 0. The summed E-state index contributed by atoms with van der Waals surface area (Å²) in [5, 5.41) is 30.8. The van der Waals surface area contributed by atoms with Crippen LogP contribution < -0.4 is 29.1 Å². The van der Waals surface area contributed by atoms with Gasteiger partial charge in [0.2, 0.25) is 22.7 Å². The second-order valence-corrected chi connectivity index (χ2v) is 7.85. The fourth-order valence-electron chi connectivity index (χ4n) is 4.23. The number of ether oxygens (including phenoxy) is 5. The van der Waals surface area contributed by atoms with Gasteiger partial charge in [0.1, 0.15) is 16.7 Å². The molecule has 0 saturated heterocycles. The molecular weight excluding hydrogens is 460 g/mol. The quantitative estimate of drug-likeness (QED) is 0.364.